The number of likely N-dealkylation sites (tertiary alicyclic amines) is 1. The number of hydrogen-bond acceptors (Lipinski definition) is 6. The largest absolute Gasteiger partial charge is 0.450 e. The molecule has 1 saturated heterocycles. The van der Waals surface area contributed by atoms with Gasteiger partial charge in [-0.15, -0.1) is 0 Å². The summed E-state index contributed by atoms with van der Waals surface area (Å²) in [7, 11) is 0. The first-order valence-corrected chi connectivity index (χ1v) is 8.32. The van der Waals surface area contributed by atoms with E-state index < -0.39 is 0 Å². The van der Waals surface area contributed by atoms with Crippen molar-refractivity contribution in [3.05, 3.63) is 27.8 Å². The maximum Gasteiger partial charge on any atom is 0.409 e. The van der Waals surface area contributed by atoms with E-state index >= 15 is 0 Å². The highest BCUT2D eigenvalue weighted by Gasteiger charge is 2.28. The van der Waals surface area contributed by atoms with Crippen LogP contribution in [0.25, 0.3) is 0 Å². The topological polar surface area (TPSA) is 96.7 Å². The highest BCUT2D eigenvalue weighted by Crippen LogP contribution is 2.38. The van der Waals surface area contributed by atoms with Crippen LogP contribution < -0.4 is 10.6 Å². The first-order chi connectivity index (χ1) is 11.6. The number of carbonyl (C=O) groups is 1. The normalized spacial score (nSPS) is 17.1. The minimum atomic E-state index is -0.339. The van der Waals surface area contributed by atoms with Gasteiger partial charge in [0.05, 0.1) is 11.5 Å². The predicted octanol–water partition coefficient (Wildman–Crippen LogP) is 2.60. The summed E-state index contributed by atoms with van der Waals surface area (Å²) in [6.07, 6.45) is 1.98. The van der Waals surface area contributed by atoms with Crippen LogP contribution in [0.2, 0.25) is 0 Å². The van der Waals surface area contributed by atoms with Crippen molar-refractivity contribution in [1.29, 1.82) is 0 Å². The van der Waals surface area contributed by atoms with Gasteiger partial charge in [-0.1, -0.05) is 0 Å². The molecule has 0 unspecified atom stereocenters. The second-order valence-corrected chi connectivity index (χ2v) is 6.02. The van der Waals surface area contributed by atoms with Crippen molar-refractivity contribution in [2.24, 2.45) is 0 Å². The number of hydrogen-bond donors (Lipinski definition) is 2. The molecule has 3 rings (SSSR count). The Labute approximate surface area is 140 Å². The lowest BCUT2D eigenvalue weighted by atomic mass is 10.0. The van der Waals surface area contributed by atoms with Crippen molar-refractivity contribution in [3.8, 4) is 0 Å². The van der Waals surface area contributed by atoms with Gasteiger partial charge >= 0.3 is 6.09 Å². The first kappa shape index (κ1) is 16.4. The standard InChI is InChI=1S/C16H22N4O4/c1-2-24-16(21)19-9-6-11(7-10-19)18-15-12-5-8-17-13(12)3-4-14(15)20(22)23/h3-4,11,17-18H,2,5-10H2,1H3. The van der Waals surface area contributed by atoms with E-state index in [2.05, 4.69) is 10.6 Å². The van der Waals surface area contributed by atoms with Crippen molar-refractivity contribution in [2.75, 3.05) is 36.9 Å². The number of benzene rings is 1. The fourth-order valence-corrected chi connectivity index (χ4v) is 3.32. The number of nitrogens with one attached hydrogen (secondary N) is 2. The molecule has 0 spiro atoms. The van der Waals surface area contributed by atoms with Crippen LogP contribution in [-0.2, 0) is 11.2 Å². The summed E-state index contributed by atoms with van der Waals surface area (Å²) in [6.45, 7) is 4.14. The molecule has 0 aliphatic carbocycles. The fourth-order valence-electron chi connectivity index (χ4n) is 3.32. The maximum absolute atomic E-state index is 11.7. The number of carbonyl (C=O) groups excluding carboxylic acids is 1. The van der Waals surface area contributed by atoms with Gasteiger partial charge in [0.2, 0.25) is 0 Å². The molecule has 0 bridgehead atoms. The van der Waals surface area contributed by atoms with Gasteiger partial charge in [-0.25, -0.2) is 4.79 Å². The van der Waals surface area contributed by atoms with Gasteiger partial charge in [0.15, 0.2) is 0 Å². The van der Waals surface area contributed by atoms with Crippen molar-refractivity contribution >= 4 is 23.2 Å². The van der Waals surface area contributed by atoms with E-state index in [1.165, 1.54) is 0 Å². The molecule has 2 N–H and O–H groups in total. The summed E-state index contributed by atoms with van der Waals surface area (Å²) in [5.41, 5.74) is 2.69. The third kappa shape index (κ3) is 3.22. The van der Waals surface area contributed by atoms with E-state index in [9.17, 15) is 14.9 Å². The molecule has 2 aliphatic rings. The van der Waals surface area contributed by atoms with E-state index in [0.29, 0.717) is 25.4 Å². The van der Waals surface area contributed by atoms with Crippen LogP contribution in [-0.4, -0.2) is 48.2 Å². The van der Waals surface area contributed by atoms with Gasteiger partial charge < -0.3 is 20.3 Å². The van der Waals surface area contributed by atoms with Crippen molar-refractivity contribution < 1.29 is 14.5 Å². The summed E-state index contributed by atoms with van der Waals surface area (Å²) in [5.74, 6) is 0. The maximum atomic E-state index is 11.7. The third-order valence-corrected chi connectivity index (χ3v) is 4.55. The Balaban J connectivity index is 1.70. The highest BCUT2D eigenvalue weighted by molar-refractivity contribution is 5.77. The Morgan fingerprint density at radius 1 is 1.46 bits per heavy atom. The molecule has 2 aliphatic heterocycles. The minimum absolute atomic E-state index is 0.112. The number of fused-ring (bicyclic) bond motifs is 1. The summed E-state index contributed by atoms with van der Waals surface area (Å²) < 4.78 is 5.01. The smallest absolute Gasteiger partial charge is 0.409 e. The quantitative estimate of drug-likeness (QED) is 0.649. The SMILES string of the molecule is CCOC(=O)N1CCC(Nc2c([N+](=O)[O-])ccc3c2CCN3)CC1. The lowest BCUT2D eigenvalue weighted by Gasteiger charge is -2.32. The third-order valence-electron chi connectivity index (χ3n) is 4.55. The van der Waals surface area contributed by atoms with Crippen molar-refractivity contribution in [2.45, 2.75) is 32.2 Å². The van der Waals surface area contributed by atoms with E-state index in [-0.39, 0.29) is 22.7 Å². The summed E-state index contributed by atoms with van der Waals surface area (Å²) in [6, 6.07) is 3.43. The molecule has 24 heavy (non-hydrogen) atoms. The zero-order valence-electron chi connectivity index (χ0n) is 13.7. The summed E-state index contributed by atoms with van der Waals surface area (Å²) in [4.78, 5) is 24.4. The molecular formula is C16H22N4O4. The van der Waals surface area contributed by atoms with Gasteiger partial charge in [-0.2, -0.15) is 0 Å². The Hall–Kier alpha value is -2.51. The van der Waals surface area contributed by atoms with E-state index in [1.807, 2.05) is 0 Å². The summed E-state index contributed by atoms with van der Waals surface area (Å²) >= 11 is 0. The molecule has 130 valence electrons. The molecule has 1 amide bonds. The average Bonchev–Trinajstić information content (AvgIpc) is 3.05. The molecular weight excluding hydrogens is 312 g/mol. The second kappa shape index (κ2) is 6.94. The van der Waals surface area contributed by atoms with Crippen LogP contribution in [0.15, 0.2) is 12.1 Å². The number of nitro groups is 1. The van der Waals surface area contributed by atoms with Crippen LogP contribution in [0, 0.1) is 10.1 Å². The molecule has 1 fully saturated rings. The Morgan fingerprint density at radius 2 is 2.21 bits per heavy atom. The van der Waals surface area contributed by atoms with Gasteiger partial charge in [-0.3, -0.25) is 10.1 Å². The fraction of sp³-hybridized carbons (Fsp3) is 0.562. The number of nitrogens with zero attached hydrogens (tertiary/aromatic N) is 2. The Morgan fingerprint density at radius 3 is 2.88 bits per heavy atom. The molecule has 0 aromatic heterocycles. The number of amides is 1. The number of anilines is 2. The predicted molar refractivity (Wildman–Crippen MR) is 90.5 cm³/mol. The summed E-state index contributed by atoms with van der Waals surface area (Å²) in [5, 5.41) is 18.0. The molecule has 0 atom stereocenters. The number of piperidine rings is 1. The molecule has 8 nitrogen and oxygen atoms in total. The minimum Gasteiger partial charge on any atom is -0.450 e. The van der Waals surface area contributed by atoms with Crippen LogP contribution in [0.4, 0.5) is 21.9 Å². The second-order valence-electron chi connectivity index (χ2n) is 6.02. The van der Waals surface area contributed by atoms with Crippen LogP contribution in [0.1, 0.15) is 25.3 Å². The average molecular weight is 334 g/mol. The van der Waals surface area contributed by atoms with E-state index in [1.54, 1.807) is 24.0 Å². The van der Waals surface area contributed by atoms with E-state index in [4.69, 9.17) is 4.74 Å². The van der Waals surface area contributed by atoms with E-state index in [0.717, 1.165) is 37.1 Å². The van der Waals surface area contributed by atoms with Crippen LogP contribution in [0.5, 0.6) is 0 Å². The lowest BCUT2D eigenvalue weighted by molar-refractivity contribution is -0.384. The molecule has 2 heterocycles. The number of rotatable bonds is 4. The first-order valence-electron chi connectivity index (χ1n) is 8.32. The Bertz CT molecular complexity index is 641. The van der Waals surface area contributed by atoms with Crippen LogP contribution in [0.3, 0.4) is 0 Å². The van der Waals surface area contributed by atoms with Gasteiger partial charge in [-0.05, 0) is 32.3 Å². The zero-order chi connectivity index (χ0) is 17.1. The molecule has 1 aromatic carbocycles. The molecule has 8 heteroatoms. The molecule has 1 aromatic rings. The lowest BCUT2D eigenvalue weighted by Crippen LogP contribution is -2.42. The van der Waals surface area contributed by atoms with Gasteiger partial charge in [0, 0.05) is 43.0 Å². The number of ether oxygens (including phenoxy) is 1. The molecule has 0 saturated carbocycles. The highest BCUT2D eigenvalue weighted by atomic mass is 16.6. The van der Waals surface area contributed by atoms with Gasteiger partial charge in [0.25, 0.3) is 5.69 Å². The number of nitro benzene ring substituents is 1. The Kier molecular flexibility index (Phi) is 4.73. The van der Waals surface area contributed by atoms with Gasteiger partial charge in [0.1, 0.15) is 5.69 Å². The molecule has 0 radical (unpaired) electrons. The monoisotopic (exact) mass is 334 g/mol. The van der Waals surface area contributed by atoms with Crippen LogP contribution >= 0.6 is 0 Å². The van der Waals surface area contributed by atoms with Crippen molar-refractivity contribution in [3.63, 3.8) is 0 Å². The van der Waals surface area contributed by atoms with Crippen molar-refractivity contribution in [1.82, 2.24) is 4.90 Å². The zero-order valence-corrected chi connectivity index (χ0v) is 13.7.